The van der Waals surface area contributed by atoms with E-state index in [0.29, 0.717) is 0 Å². The number of carboxylic acids is 1. The van der Waals surface area contributed by atoms with E-state index in [1.54, 1.807) is 11.8 Å². The molecule has 15 heavy (non-hydrogen) atoms. The van der Waals surface area contributed by atoms with Crippen molar-refractivity contribution in [2.24, 2.45) is 0 Å². The maximum absolute atomic E-state index is 10.3. The highest BCUT2D eigenvalue weighted by molar-refractivity contribution is 8.03. The van der Waals surface area contributed by atoms with Gasteiger partial charge in [-0.05, 0) is 24.0 Å². The molecular formula is C12H22O2S. The number of hydrogen-bond donors (Lipinski definition) is 1. The molecule has 0 spiro atoms. The second-order valence-corrected chi connectivity index (χ2v) is 5.05. The average molecular weight is 230 g/mol. The highest BCUT2D eigenvalue weighted by Gasteiger charge is 1.95. The van der Waals surface area contributed by atoms with Crippen molar-refractivity contribution in [3.63, 3.8) is 0 Å². The van der Waals surface area contributed by atoms with Gasteiger partial charge < -0.3 is 5.11 Å². The minimum Gasteiger partial charge on any atom is -0.478 e. The van der Waals surface area contributed by atoms with Crippen molar-refractivity contribution in [2.75, 3.05) is 5.75 Å². The second kappa shape index (κ2) is 10.1. The fourth-order valence-corrected chi connectivity index (χ4v) is 2.19. The van der Waals surface area contributed by atoms with Gasteiger partial charge in [0.1, 0.15) is 0 Å². The van der Waals surface area contributed by atoms with Gasteiger partial charge in [-0.2, -0.15) is 0 Å². The minimum atomic E-state index is -0.844. The molecule has 0 heterocycles. The van der Waals surface area contributed by atoms with E-state index in [1.165, 1.54) is 44.6 Å². The van der Waals surface area contributed by atoms with E-state index in [2.05, 4.69) is 6.92 Å². The fraction of sp³-hybridized carbons (Fsp3) is 0.750. The Morgan fingerprint density at radius 2 is 1.80 bits per heavy atom. The second-order valence-electron chi connectivity index (χ2n) is 3.71. The lowest BCUT2D eigenvalue weighted by Gasteiger charge is -2.01. The van der Waals surface area contributed by atoms with E-state index in [4.69, 9.17) is 5.11 Å². The molecule has 0 fully saturated rings. The van der Waals surface area contributed by atoms with Crippen LogP contribution in [0.5, 0.6) is 0 Å². The molecule has 0 rings (SSSR count). The number of carboxylic acid groups (broad SMARTS) is 1. The molecule has 0 aliphatic heterocycles. The van der Waals surface area contributed by atoms with Crippen LogP contribution in [0.25, 0.3) is 0 Å². The molecule has 0 radical (unpaired) electrons. The minimum absolute atomic E-state index is 0.844. The van der Waals surface area contributed by atoms with Crippen LogP contribution < -0.4 is 0 Å². The number of allylic oxidation sites excluding steroid dienone is 1. The van der Waals surface area contributed by atoms with Gasteiger partial charge in [0.05, 0.1) is 0 Å². The maximum Gasteiger partial charge on any atom is 0.329 e. The van der Waals surface area contributed by atoms with Crippen LogP contribution in [0.3, 0.4) is 0 Å². The van der Waals surface area contributed by atoms with Crippen LogP contribution in [0.15, 0.2) is 11.0 Å². The first kappa shape index (κ1) is 14.6. The lowest BCUT2D eigenvalue weighted by molar-refractivity contribution is -0.131. The average Bonchev–Trinajstić information content (AvgIpc) is 2.15. The van der Waals surface area contributed by atoms with Crippen molar-refractivity contribution in [1.82, 2.24) is 0 Å². The summed E-state index contributed by atoms with van der Waals surface area (Å²) in [6.45, 7) is 4.08. The number of carbonyl (C=O) groups is 1. The maximum atomic E-state index is 10.3. The van der Waals surface area contributed by atoms with Crippen molar-refractivity contribution >= 4 is 17.7 Å². The zero-order valence-corrected chi connectivity index (χ0v) is 10.6. The topological polar surface area (TPSA) is 37.3 Å². The summed E-state index contributed by atoms with van der Waals surface area (Å²) in [6.07, 6.45) is 9.02. The van der Waals surface area contributed by atoms with Crippen molar-refractivity contribution in [2.45, 2.75) is 52.4 Å². The number of thioether (sulfide) groups is 1. The molecule has 0 saturated heterocycles. The van der Waals surface area contributed by atoms with Crippen LogP contribution in [0.1, 0.15) is 52.4 Å². The lowest BCUT2D eigenvalue weighted by Crippen LogP contribution is -1.89. The largest absolute Gasteiger partial charge is 0.478 e. The zero-order chi connectivity index (χ0) is 11.5. The Bertz CT molecular complexity index is 200. The summed E-state index contributed by atoms with van der Waals surface area (Å²) in [6, 6.07) is 0. The Labute approximate surface area is 97.1 Å². The van der Waals surface area contributed by atoms with Crippen molar-refractivity contribution < 1.29 is 9.90 Å². The molecule has 2 nitrogen and oxygen atoms in total. The van der Waals surface area contributed by atoms with E-state index < -0.39 is 5.97 Å². The van der Waals surface area contributed by atoms with Gasteiger partial charge in [0.15, 0.2) is 0 Å². The summed E-state index contributed by atoms with van der Waals surface area (Å²) in [5.74, 6) is 0.199. The number of rotatable bonds is 9. The lowest BCUT2D eigenvalue weighted by atomic mass is 10.1. The number of hydrogen-bond acceptors (Lipinski definition) is 2. The van der Waals surface area contributed by atoms with Crippen molar-refractivity contribution in [1.29, 1.82) is 0 Å². The van der Waals surface area contributed by atoms with Gasteiger partial charge in [0, 0.05) is 6.08 Å². The monoisotopic (exact) mass is 230 g/mol. The summed E-state index contributed by atoms with van der Waals surface area (Å²) in [5.41, 5.74) is 0. The van der Waals surface area contributed by atoms with E-state index in [-0.39, 0.29) is 0 Å². The Morgan fingerprint density at radius 3 is 2.40 bits per heavy atom. The SMILES string of the molecule is CCCCCCCCS/C(C)=C/C(=O)O. The van der Waals surface area contributed by atoms with Gasteiger partial charge in [-0.25, -0.2) is 4.79 Å². The summed E-state index contributed by atoms with van der Waals surface area (Å²) in [5, 5.41) is 8.49. The van der Waals surface area contributed by atoms with Gasteiger partial charge in [-0.15, -0.1) is 11.8 Å². The van der Waals surface area contributed by atoms with Gasteiger partial charge in [0.25, 0.3) is 0 Å². The molecule has 0 amide bonds. The Kier molecular flexibility index (Phi) is 9.79. The first-order valence-corrected chi connectivity index (χ1v) is 6.69. The smallest absolute Gasteiger partial charge is 0.329 e. The molecule has 0 aliphatic rings. The Hall–Kier alpha value is -0.440. The predicted molar refractivity (Wildman–Crippen MR) is 67.2 cm³/mol. The first-order valence-electron chi connectivity index (χ1n) is 5.70. The molecule has 0 aromatic heterocycles. The zero-order valence-electron chi connectivity index (χ0n) is 9.79. The molecular weight excluding hydrogens is 208 g/mol. The standard InChI is InChI=1S/C12H22O2S/c1-3-4-5-6-7-8-9-15-11(2)10-12(13)14/h10H,3-9H2,1-2H3,(H,13,14)/b11-10+. The van der Waals surface area contributed by atoms with Gasteiger partial charge in [-0.3, -0.25) is 0 Å². The van der Waals surface area contributed by atoms with E-state index in [1.807, 2.05) is 6.92 Å². The molecule has 0 atom stereocenters. The molecule has 0 aromatic carbocycles. The summed E-state index contributed by atoms with van der Waals surface area (Å²) >= 11 is 1.65. The molecule has 0 saturated carbocycles. The fourth-order valence-electron chi connectivity index (χ4n) is 1.33. The van der Waals surface area contributed by atoms with Crippen LogP contribution >= 0.6 is 11.8 Å². The third-order valence-corrected chi connectivity index (χ3v) is 3.22. The number of unbranched alkanes of at least 4 members (excludes halogenated alkanes) is 5. The molecule has 0 aliphatic carbocycles. The van der Waals surface area contributed by atoms with Crippen LogP contribution in [0, 0.1) is 0 Å². The summed E-state index contributed by atoms with van der Waals surface area (Å²) in [4.78, 5) is 11.2. The Balaban J connectivity index is 3.27. The molecule has 0 aromatic rings. The quantitative estimate of drug-likeness (QED) is 0.479. The molecule has 1 N–H and O–H groups in total. The molecule has 0 unspecified atom stereocenters. The molecule has 3 heteroatoms. The highest BCUT2D eigenvalue weighted by Crippen LogP contribution is 2.17. The van der Waals surface area contributed by atoms with Crippen LogP contribution in [0.4, 0.5) is 0 Å². The van der Waals surface area contributed by atoms with Crippen molar-refractivity contribution in [3.8, 4) is 0 Å². The number of aliphatic carboxylic acids is 1. The van der Waals surface area contributed by atoms with Crippen molar-refractivity contribution in [3.05, 3.63) is 11.0 Å². The molecule has 0 bridgehead atoms. The molecule has 88 valence electrons. The van der Waals surface area contributed by atoms with Crippen LogP contribution in [-0.4, -0.2) is 16.8 Å². The van der Waals surface area contributed by atoms with Crippen LogP contribution in [0.2, 0.25) is 0 Å². The summed E-state index contributed by atoms with van der Waals surface area (Å²) < 4.78 is 0. The van der Waals surface area contributed by atoms with E-state index in [9.17, 15) is 4.79 Å². The van der Waals surface area contributed by atoms with Gasteiger partial charge in [-0.1, -0.05) is 39.0 Å². The highest BCUT2D eigenvalue weighted by atomic mass is 32.2. The van der Waals surface area contributed by atoms with E-state index >= 15 is 0 Å². The van der Waals surface area contributed by atoms with Gasteiger partial charge in [0.2, 0.25) is 0 Å². The third-order valence-electron chi connectivity index (χ3n) is 2.15. The normalized spacial score (nSPS) is 11.7. The van der Waals surface area contributed by atoms with Gasteiger partial charge >= 0.3 is 5.97 Å². The predicted octanol–water partition coefficient (Wildman–Crippen LogP) is 4.07. The third kappa shape index (κ3) is 11.5. The Morgan fingerprint density at radius 1 is 1.20 bits per heavy atom. The first-order chi connectivity index (χ1) is 7.16. The summed E-state index contributed by atoms with van der Waals surface area (Å²) in [7, 11) is 0. The van der Waals surface area contributed by atoms with E-state index in [0.717, 1.165) is 10.7 Å². The van der Waals surface area contributed by atoms with Crippen LogP contribution in [-0.2, 0) is 4.79 Å².